The van der Waals surface area contributed by atoms with Gasteiger partial charge in [0, 0.05) is 36.3 Å². The van der Waals surface area contributed by atoms with Crippen molar-refractivity contribution < 1.29 is 13.6 Å². The van der Waals surface area contributed by atoms with Crippen molar-refractivity contribution in [2.45, 2.75) is 38.0 Å². The van der Waals surface area contributed by atoms with E-state index in [1.165, 1.54) is 0 Å². The molecule has 1 aliphatic rings. The molecule has 0 amide bonds. The van der Waals surface area contributed by atoms with Crippen molar-refractivity contribution in [1.29, 1.82) is 0 Å². The lowest BCUT2D eigenvalue weighted by Crippen LogP contribution is -2.29. The van der Waals surface area contributed by atoms with Crippen LogP contribution < -0.4 is 0 Å². The van der Waals surface area contributed by atoms with E-state index in [0.29, 0.717) is 12.8 Å². The summed E-state index contributed by atoms with van der Waals surface area (Å²) in [4.78, 5) is 16.7. The van der Waals surface area contributed by atoms with E-state index < -0.39 is 5.92 Å². The highest BCUT2D eigenvalue weighted by Crippen LogP contribution is 2.36. The Bertz CT molecular complexity index is 659. The van der Waals surface area contributed by atoms with Gasteiger partial charge in [-0.2, -0.15) is 0 Å². The molecule has 1 saturated carbocycles. The number of alkyl halides is 2. The van der Waals surface area contributed by atoms with E-state index in [9.17, 15) is 13.6 Å². The minimum Gasteiger partial charge on any atom is -0.299 e. The fourth-order valence-electron chi connectivity index (χ4n) is 2.89. The number of fused-ring (bicyclic) bond motifs is 1. The van der Waals surface area contributed by atoms with E-state index in [4.69, 9.17) is 0 Å². The fraction of sp³-hybridized carbons (Fsp3) is 0.412. The van der Waals surface area contributed by atoms with Gasteiger partial charge in [0.25, 0.3) is 0 Å². The maximum atomic E-state index is 13.1. The first-order valence-corrected chi connectivity index (χ1v) is 7.29. The van der Waals surface area contributed by atoms with Gasteiger partial charge < -0.3 is 0 Å². The van der Waals surface area contributed by atoms with Gasteiger partial charge in [0.05, 0.1) is 5.52 Å². The van der Waals surface area contributed by atoms with Crippen LogP contribution >= 0.6 is 0 Å². The fourth-order valence-corrected chi connectivity index (χ4v) is 2.89. The van der Waals surface area contributed by atoms with Gasteiger partial charge in [0.1, 0.15) is 5.78 Å². The number of Topliss-reactive ketones (excluding diaryl/α,β-unsaturated/α-hetero) is 1. The number of aromatic nitrogens is 1. The first-order valence-electron chi connectivity index (χ1n) is 7.29. The number of benzene rings is 1. The van der Waals surface area contributed by atoms with Crippen LogP contribution in [0, 0.1) is 5.92 Å². The quantitative estimate of drug-likeness (QED) is 0.848. The van der Waals surface area contributed by atoms with E-state index >= 15 is 0 Å². The number of carbonyl (C=O) groups is 1. The minimum atomic E-state index is -2.59. The highest BCUT2D eigenvalue weighted by atomic mass is 19.3. The molecule has 0 atom stereocenters. The largest absolute Gasteiger partial charge is 0.299 e. The first-order chi connectivity index (χ1) is 10.0. The van der Waals surface area contributed by atoms with E-state index in [-0.39, 0.29) is 31.0 Å². The van der Waals surface area contributed by atoms with Crippen molar-refractivity contribution in [2.75, 3.05) is 0 Å². The predicted octanol–water partition coefficient (Wildman–Crippen LogP) is 4.17. The maximum Gasteiger partial charge on any atom is 0.248 e. The van der Waals surface area contributed by atoms with Crippen LogP contribution in [0.25, 0.3) is 10.9 Å². The summed E-state index contributed by atoms with van der Waals surface area (Å²) in [7, 11) is 0. The molecule has 0 saturated heterocycles. The van der Waals surface area contributed by atoms with Gasteiger partial charge in [0.2, 0.25) is 5.92 Å². The molecule has 1 aromatic carbocycles. The Morgan fingerprint density at radius 1 is 1.14 bits per heavy atom. The molecule has 0 N–H and O–H groups in total. The van der Waals surface area contributed by atoms with E-state index in [2.05, 4.69) is 4.98 Å². The lowest BCUT2D eigenvalue weighted by atomic mass is 9.83. The first kappa shape index (κ1) is 14.1. The zero-order chi connectivity index (χ0) is 14.9. The lowest BCUT2D eigenvalue weighted by Gasteiger charge is -2.27. The molecule has 110 valence electrons. The third-order valence-electron chi connectivity index (χ3n) is 4.18. The predicted molar refractivity (Wildman–Crippen MR) is 77.4 cm³/mol. The van der Waals surface area contributed by atoms with Gasteiger partial charge in [-0.15, -0.1) is 0 Å². The molecular formula is C17H17F2NO. The minimum absolute atomic E-state index is 0.0354. The molecular weight excluding hydrogens is 272 g/mol. The van der Waals surface area contributed by atoms with Gasteiger partial charge in [-0.25, -0.2) is 8.78 Å². The molecule has 1 heterocycles. The summed E-state index contributed by atoms with van der Waals surface area (Å²) in [6.45, 7) is 0. The van der Waals surface area contributed by atoms with Gasteiger partial charge in [-0.05, 0) is 25.0 Å². The topological polar surface area (TPSA) is 30.0 Å². The number of rotatable bonds is 3. The van der Waals surface area contributed by atoms with E-state index in [1.54, 1.807) is 0 Å². The molecule has 0 bridgehead atoms. The number of hydrogen-bond acceptors (Lipinski definition) is 2. The van der Waals surface area contributed by atoms with Gasteiger partial charge in [0.15, 0.2) is 0 Å². The summed E-state index contributed by atoms with van der Waals surface area (Å²) >= 11 is 0. The molecule has 0 aliphatic heterocycles. The summed E-state index contributed by atoms with van der Waals surface area (Å²) in [5, 5.41) is 1.03. The monoisotopic (exact) mass is 289 g/mol. The summed E-state index contributed by atoms with van der Waals surface area (Å²) in [5.74, 6) is -2.79. The average Bonchev–Trinajstić information content (AvgIpc) is 2.47. The van der Waals surface area contributed by atoms with Crippen LogP contribution in [0.2, 0.25) is 0 Å². The van der Waals surface area contributed by atoms with Crippen LogP contribution in [-0.4, -0.2) is 16.7 Å². The molecule has 1 aliphatic carbocycles. The molecule has 3 rings (SSSR count). The second-order valence-electron chi connectivity index (χ2n) is 5.77. The van der Waals surface area contributed by atoms with Crippen LogP contribution in [0.15, 0.2) is 36.4 Å². The Labute approximate surface area is 122 Å². The molecule has 2 aromatic rings. The maximum absolute atomic E-state index is 13.1. The number of hydrogen-bond donors (Lipinski definition) is 0. The molecule has 2 nitrogen and oxygen atoms in total. The van der Waals surface area contributed by atoms with Crippen LogP contribution in [0.3, 0.4) is 0 Å². The zero-order valence-electron chi connectivity index (χ0n) is 11.7. The van der Waals surface area contributed by atoms with Crippen molar-refractivity contribution in [3.05, 3.63) is 42.1 Å². The SMILES string of the molecule is O=C(Cc1ccc2ccccc2n1)C1CCC(F)(F)CC1. The second kappa shape index (κ2) is 5.51. The third kappa shape index (κ3) is 3.26. The smallest absolute Gasteiger partial charge is 0.248 e. The zero-order valence-corrected chi connectivity index (χ0v) is 11.7. The van der Waals surface area contributed by atoms with Crippen molar-refractivity contribution in [3.8, 4) is 0 Å². The van der Waals surface area contributed by atoms with Gasteiger partial charge >= 0.3 is 0 Å². The molecule has 21 heavy (non-hydrogen) atoms. The highest BCUT2D eigenvalue weighted by molar-refractivity contribution is 5.84. The molecule has 1 aromatic heterocycles. The number of ketones is 1. The number of para-hydroxylation sites is 1. The average molecular weight is 289 g/mol. The summed E-state index contributed by atoms with van der Waals surface area (Å²) in [6.07, 6.45) is 0.475. The molecule has 0 unspecified atom stereocenters. The number of pyridine rings is 1. The lowest BCUT2D eigenvalue weighted by molar-refractivity contribution is -0.126. The van der Waals surface area contributed by atoms with E-state index in [1.807, 2.05) is 36.4 Å². The van der Waals surface area contributed by atoms with Crippen LogP contribution in [0.5, 0.6) is 0 Å². The second-order valence-corrected chi connectivity index (χ2v) is 5.77. The highest BCUT2D eigenvalue weighted by Gasteiger charge is 2.37. The Balaban J connectivity index is 1.69. The molecule has 0 spiro atoms. The Hall–Kier alpha value is -1.84. The van der Waals surface area contributed by atoms with Crippen LogP contribution in [-0.2, 0) is 11.2 Å². The normalized spacial score (nSPS) is 18.8. The van der Waals surface area contributed by atoms with Crippen LogP contribution in [0.1, 0.15) is 31.4 Å². The summed E-state index contributed by atoms with van der Waals surface area (Å²) in [5.41, 5.74) is 1.58. The number of halogens is 2. The van der Waals surface area contributed by atoms with E-state index in [0.717, 1.165) is 16.6 Å². The van der Waals surface area contributed by atoms with Crippen molar-refractivity contribution in [2.24, 2.45) is 5.92 Å². The van der Waals surface area contributed by atoms with Gasteiger partial charge in [-0.1, -0.05) is 24.3 Å². The Kier molecular flexibility index (Phi) is 3.70. The third-order valence-corrected chi connectivity index (χ3v) is 4.18. The standard InChI is InChI=1S/C17H17F2NO/c18-17(19)9-7-13(8-10-17)16(21)11-14-6-5-12-3-1-2-4-15(12)20-14/h1-6,13H,7-11H2. The molecule has 1 fully saturated rings. The summed E-state index contributed by atoms with van der Waals surface area (Å²) < 4.78 is 26.2. The van der Waals surface area contributed by atoms with Crippen molar-refractivity contribution >= 4 is 16.7 Å². The van der Waals surface area contributed by atoms with Crippen molar-refractivity contribution in [1.82, 2.24) is 4.98 Å². The Morgan fingerprint density at radius 3 is 2.62 bits per heavy atom. The summed E-state index contributed by atoms with van der Waals surface area (Å²) in [6, 6.07) is 11.5. The van der Waals surface area contributed by atoms with Crippen molar-refractivity contribution in [3.63, 3.8) is 0 Å². The molecule has 4 heteroatoms. The van der Waals surface area contributed by atoms with Gasteiger partial charge in [-0.3, -0.25) is 9.78 Å². The Morgan fingerprint density at radius 2 is 1.86 bits per heavy atom. The number of nitrogens with zero attached hydrogens (tertiary/aromatic N) is 1. The molecule has 0 radical (unpaired) electrons. The van der Waals surface area contributed by atoms with Crippen LogP contribution in [0.4, 0.5) is 8.78 Å². The number of carbonyl (C=O) groups excluding carboxylic acids is 1.